The summed E-state index contributed by atoms with van der Waals surface area (Å²) in [5, 5.41) is 0. The maximum absolute atomic E-state index is 3.67. The van der Waals surface area contributed by atoms with E-state index in [4.69, 9.17) is 0 Å². The summed E-state index contributed by atoms with van der Waals surface area (Å²) in [6.07, 6.45) is 11.7. The van der Waals surface area contributed by atoms with Gasteiger partial charge < -0.3 is 24.8 Å². The molecule has 244 valence electrons. The Morgan fingerprint density at radius 2 is 1.36 bits per heavy atom. The Balaban J connectivity index is 0.000000213. The van der Waals surface area contributed by atoms with Crippen molar-refractivity contribution in [1.29, 1.82) is 0 Å². The van der Waals surface area contributed by atoms with Crippen molar-refractivity contribution in [1.82, 2.24) is 0 Å². The van der Waals surface area contributed by atoms with Gasteiger partial charge in [-0.15, -0.1) is 11.1 Å². The van der Waals surface area contributed by atoms with Crippen LogP contribution >= 0.6 is 0 Å². The van der Waals surface area contributed by atoms with Gasteiger partial charge in [-0.25, -0.2) is 6.07 Å². The molecule has 0 aliphatic heterocycles. The van der Waals surface area contributed by atoms with Crippen LogP contribution in [0.5, 0.6) is 0 Å². The van der Waals surface area contributed by atoms with Crippen molar-refractivity contribution in [3.05, 3.63) is 87.5 Å². The first-order valence-corrected chi connectivity index (χ1v) is 18.2. The van der Waals surface area contributed by atoms with E-state index in [1.165, 1.54) is 48.6 Å². The van der Waals surface area contributed by atoms with E-state index in [2.05, 4.69) is 118 Å². The SMILES string of the molecule is CC(C)(C)c1[c-]c2c(cc1)-c1ccc(C(C)(C)C)cc1C2.C[C](C)=[Zr+2].Cc1cc(CC23CC4CC(CC(C4)C2)C3)c(C)[cH-]1.[Cl-].[Cl-]. The second-order valence-electron chi connectivity index (χ2n) is 17.1. The third kappa shape index (κ3) is 9.18. The molecule has 0 nitrogen and oxygen atoms in total. The first-order chi connectivity index (χ1) is 20.0. The summed E-state index contributed by atoms with van der Waals surface area (Å²) in [6, 6.07) is 20.0. The zero-order valence-electron chi connectivity index (χ0n) is 29.7. The Hall–Kier alpha value is -0.877. The van der Waals surface area contributed by atoms with Gasteiger partial charge in [0.15, 0.2) is 0 Å². The number of hydrogen-bond acceptors (Lipinski definition) is 0. The predicted molar refractivity (Wildman–Crippen MR) is 183 cm³/mol. The van der Waals surface area contributed by atoms with E-state index in [1.807, 2.05) is 0 Å². The van der Waals surface area contributed by atoms with Gasteiger partial charge in [-0.3, -0.25) is 0 Å². The van der Waals surface area contributed by atoms with E-state index in [0.717, 1.165) is 24.2 Å². The maximum atomic E-state index is 3.67. The molecule has 0 N–H and O–H groups in total. The van der Waals surface area contributed by atoms with Crippen molar-refractivity contribution in [2.24, 2.45) is 23.2 Å². The molecule has 8 rings (SSSR count). The fourth-order valence-electron chi connectivity index (χ4n) is 8.99. The molecule has 0 spiro atoms. The molecule has 0 unspecified atom stereocenters. The van der Waals surface area contributed by atoms with Crippen LogP contribution in [0.15, 0.2) is 42.5 Å². The Morgan fingerprint density at radius 1 is 0.822 bits per heavy atom. The van der Waals surface area contributed by atoms with Crippen molar-refractivity contribution >= 4 is 3.21 Å². The largest absolute Gasteiger partial charge is 1.00 e. The zero-order valence-corrected chi connectivity index (χ0v) is 33.7. The minimum Gasteiger partial charge on any atom is -1.00 e. The number of benzene rings is 2. The molecule has 0 amide bonds. The Labute approximate surface area is 303 Å². The summed E-state index contributed by atoms with van der Waals surface area (Å²) in [7, 11) is 0. The van der Waals surface area contributed by atoms with Crippen molar-refractivity contribution in [2.45, 2.75) is 131 Å². The summed E-state index contributed by atoms with van der Waals surface area (Å²) in [6.45, 7) is 22.4. The molecule has 0 saturated heterocycles. The topological polar surface area (TPSA) is 0 Å². The quantitative estimate of drug-likeness (QED) is 0.250. The van der Waals surface area contributed by atoms with Crippen LogP contribution in [-0.2, 0) is 47.9 Å². The minimum absolute atomic E-state index is 0. The molecule has 0 aromatic heterocycles. The van der Waals surface area contributed by atoms with Crippen LogP contribution in [0.1, 0.15) is 133 Å². The van der Waals surface area contributed by atoms with E-state index in [1.54, 1.807) is 73.9 Å². The van der Waals surface area contributed by atoms with Crippen molar-refractivity contribution in [3.63, 3.8) is 0 Å². The number of hydrogen-bond donors (Lipinski definition) is 0. The first kappa shape index (κ1) is 38.6. The second-order valence-corrected chi connectivity index (χ2v) is 19.6. The predicted octanol–water partition coefficient (Wildman–Crippen LogP) is 5.19. The third-order valence-electron chi connectivity index (χ3n) is 10.5. The molecule has 0 heterocycles. The van der Waals surface area contributed by atoms with Crippen molar-refractivity contribution in [3.8, 4) is 11.1 Å². The Kier molecular flexibility index (Phi) is 12.6. The zero-order chi connectivity index (χ0) is 31.3. The minimum atomic E-state index is 0. The molecule has 4 saturated carbocycles. The monoisotopic (exact) mass is 720 g/mol. The smallest absolute Gasteiger partial charge is 0.0363 e. The molecular formula is C42H56Cl2Zr-2. The normalized spacial score (nSPS) is 23.8. The molecule has 4 fully saturated rings. The molecule has 0 radical (unpaired) electrons. The fraction of sp³-hybridized carbons (Fsp3) is 0.571. The van der Waals surface area contributed by atoms with Crippen LogP contribution in [0.4, 0.5) is 0 Å². The molecule has 3 aromatic rings. The van der Waals surface area contributed by atoms with E-state index in [9.17, 15) is 0 Å². The average Bonchev–Trinajstić information content (AvgIpc) is 3.39. The maximum Gasteiger partial charge on any atom is -0.0363 e. The molecule has 0 atom stereocenters. The fourth-order valence-corrected chi connectivity index (χ4v) is 8.99. The van der Waals surface area contributed by atoms with Gasteiger partial charge in [0, 0.05) is 0 Å². The third-order valence-corrected chi connectivity index (χ3v) is 10.5. The van der Waals surface area contributed by atoms with Gasteiger partial charge in [-0.05, 0) is 90.1 Å². The number of fused-ring (bicyclic) bond motifs is 3. The van der Waals surface area contributed by atoms with Crippen LogP contribution < -0.4 is 24.8 Å². The second kappa shape index (κ2) is 14.7. The van der Waals surface area contributed by atoms with E-state index in [-0.39, 0.29) is 35.6 Å². The van der Waals surface area contributed by atoms with Gasteiger partial charge in [-0.2, -0.15) is 46.5 Å². The summed E-state index contributed by atoms with van der Waals surface area (Å²) >= 11 is 1.55. The van der Waals surface area contributed by atoms with Crippen LogP contribution in [-0.4, -0.2) is 3.21 Å². The molecule has 4 bridgehead atoms. The Morgan fingerprint density at radius 3 is 1.82 bits per heavy atom. The summed E-state index contributed by atoms with van der Waals surface area (Å²) in [5.74, 6) is 3.27. The molecule has 5 aliphatic carbocycles. The standard InChI is InChI=1S/C21H25.C18H25.C3H6.2ClH.Zr/c1-20(2,3)16-7-9-18-14(12-16)11-15-13-17(21(4,5)6)8-10-19(15)18;1-12-3-13(2)17(4-12)11-18-8-14-5-15(9-18)7-16(6-14)10-18;1-3-2;;;/h7-10,12H,11H2,1-6H3;3-4,14-16H,5-11H2,1-2H3;1-2H3;2*1H;/q2*-1;;;;+2/p-2. The van der Waals surface area contributed by atoms with E-state index >= 15 is 0 Å². The molecule has 45 heavy (non-hydrogen) atoms. The van der Waals surface area contributed by atoms with Gasteiger partial charge in [0.25, 0.3) is 0 Å². The van der Waals surface area contributed by atoms with Crippen molar-refractivity contribution in [2.75, 3.05) is 0 Å². The number of aryl methyl sites for hydroxylation is 2. The van der Waals surface area contributed by atoms with Crippen LogP contribution in [0, 0.1) is 43.1 Å². The van der Waals surface area contributed by atoms with E-state index in [0.29, 0.717) is 5.41 Å². The number of rotatable bonds is 2. The van der Waals surface area contributed by atoms with Gasteiger partial charge in [0.2, 0.25) is 0 Å². The Bertz CT molecular complexity index is 1370. The summed E-state index contributed by atoms with van der Waals surface area (Å²) in [5.41, 5.74) is 14.1. The summed E-state index contributed by atoms with van der Waals surface area (Å²) < 4.78 is 1.51. The average molecular weight is 723 g/mol. The van der Waals surface area contributed by atoms with Gasteiger partial charge in [0.1, 0.15) is 0 Å². The molecule has 5 aliphatic rings. The molecule has 3 aromatic carbocycles. The van der Waals surface area contributed by atoms with Gasteiger partial charge in [-0.1, -0.05) is 85.6 Å². The van der Waals surface area contributed by atoms with Crippen LogP contribution in [0.25, 0.3) is 11.1 Å². The first-order valence-electron chi connectivity index (χ1n) is 17.0. The summed E-state index contributed by atoms with van der Waals surface area (Å²) in [4.78, 5) is 0. The molecule has 3 heteroatoms. The number of halogens is 2. The van der Waals surface area contributed by atoms with E-state index < -0.39 is 0 Å². The van der Waals surface area contributed by atoms with Crippen LogP contribution in [0.2, 0.25) is 0 Å². The molecular weight excluding hydrogens is 667 g/mol. The van der Waals surface area contributed by atoms with Gasteiger partial charge in [0.05, 0.1) is 0 Å². The van der Waals surface area contributed by atoms with Crippen LogP contribution in [0.3, 0.4) is 0 Å². The van der Waals surface area contributed by atoms with Gasteiger partial charge >= 0.3 is 41.3 Å². The van der Waals surface area contributed by atoms with Crippen molar-refractivity contribution < 1.29 is 49.0 Å².